The molecule has 0 saturated carbocycles. The van der Waals surface area contributed by atoms with Gasteiger partial charge in [-0.05, 0) is 12.5 Å². The largest absolute Gasteiger partial charge is 0.395 e. The molecule has 3 nitrogen and oxygen atoms in total. The number of aliphatic hydroxyl groups is 1. The lowest BCUT2D eigenvalue weighted by atomic mass is 9.90. The number of carbonyl (C=O) groups is 1. The molecule has 1 aliphatic heterocycles. The van der Waals surface area contributed by atoms with E-state index in [1.54, 1.807) is 6.92 Å². The number of hydrogen-bond acceptors (Lipinski definition) is 3. The van der Waals surface area contributed by atoms with Crippen LogP contribution in [-0.4, -0.2) is 42.0 Å². The smallest absolute Gasteiger partial charge is 0.159 e. The van der Waals surface area contributed by atoms with Crippen LogP contribution in [0.15, 0.2) is 24.3 Å². The highest BCUT2D eigenvalue weighted by atomic mass is 16.3. The maximum atomic E-state index is 11.1. The first-order chi connectivity index (χ1) is 7.70. The molecule has 1 heterocycles. The second-order valence-electron chi connectivity index (χ2n) is 4.36. The Kier molecular flexibility index (Phi) is 3.36. The van der Waals surface area contributed by atoms with E-state index in [0.717, 1.165) is 25.2 Å². The minimum Gasteiger partial charge on any atom is -0.395 e. The zero-order valence-electron chi connectivity index (χ0n) is 9.52. The maximum Gasteiger partial charge on any atom is 0.159 e. The fraction of sp³-hybridized carbons (Fsp3) is 0.462. The summed E-state index contributed by atoms with van der Waals surface area (Å²) in [7, 11) is 0. The quantitative estimate of drug-likeness (QED) is 0.775. The summed E-state index contributed by atoms with van der Waals surface area (Å²) < 4.78 is 0. The summed E-state index contributed by atoms with van der Waals surface area (Å²) in [6, 6.07) is 7.87. The fourth-order valence-corrected chi connectivity index (χ4v) is 2.09. The summed E-state index contributed by atoms with van der Waals surface area (Å²) in [4.78, 5) is 13.3. The van der Waals surface area contributed by atoms with Gasteiger partial charge in [-0.15, -0.1) is 0 Å². The maximum absolute atomic E-state index is 11.1. The van der Waals surface area contributed by atoms with Gasteiger partial charge >= 0.3 is 0 Å². The Labute approximate surface area is 95.7 Å². The van der Waals surface area contributed by atoms with Gasteiger partial charge in [0.05, 0.1) is 6.61 Å². The predicted molar refractivity (Wildman–Crippen MR) is 62.7 cm³/mol. The molecular weight excluding hydrogens is 202 g/mol. The van der Waals surface area contributed by atoms with E-state index >= 15 is 0 Å². The molecule has 3 heteroatoms. The molecule has 0 amide bonds. The van der Waals surface area contributed by atoms with Crippen molar-refractivity contribution in [3.63, 3.8) is 0 Å². The number of ketones is 1. The van der Waals surface area contributed by atoms with Crippen LogP contribution in [0.3, 0.4) is 0 Å². The Bertz CT molecular complexity index is 366. The molecule has 0 aromatic heterocycles. The van der Waals surface area contributed by atoms with Crippen molar-refractivity contribution in [2.45, 2.75) is 12.8 Å². The molecule has 1 saturated heterocycles. The summed E-state index contributed by atoms with van der Waals surface area (Å²) in [6.45, 7) is 4.61. The van der Waals surface area contributed by atoms with Crippen LogP contribution in [0.2, 0.25) is 0 Å². The van der Waals surface area contributed by atoms with E-state index in [9.17, 15) is 4.79 Å². The molecule has 1 fully saturated rings. The summed E-state index contributed by atoms with van der Waals surface area (Å²) >= 11 is 0. The molecule has 0 aliphatic carbocycles. The third kappa shape index (κ3) is 2.31. The first kappa shape index (κ1) is 11.3. The molecule has 86 valence electrons. The highest BCUT2D eigenvalue weighted by Gasteiger charge is 2.27. The zero-order chi connectivity index (χ0) is 11.5. The average molecular weight is 219 g/mol. The summed E-state index contributed by atoms with van der Waals surface area (Å²) in [5.41, 5.74) is 2.06. The standard InChI is InChI=1S/C13H17NO2/c1-10(16)11-2-4-12(5-3-11)13-8-14(9-13)6-7-15/h2-5,13,15H,6-9H2,1H3. The average Bonchev–Trinajstić information content (AvgIpc) is 2.23. The van der Waals surface area contributed by atoms with Crippen LogP contribution in [0, 0.1) is 0 Å². The van der Waals surface area contributed by atoms with Gasteiger partial charge in [-0.1, -0.05) is 24.3 Å². The molecule has 0 unspecified atom stereocenters. The van der Waals surface area contributed by atoms with Crippen LogP contribution in [0.1, 0.15) is 28.8 Å². The molecule has 16 heavy (non-hydrogen) atoms. The van der Waals surface area contributed by atoms with Gasteiger partial charge in [0.2, 0.25) is 0 Å². The molecular formula is C13H17NO2. The first-order valence-electron chi connectivity index (χ1n) is 5.65. The van der Waals surface area contributed by atoms with E-state index in [1.807, 2.05) is 24.3 Å². The number of likely N-dealkylation sites (tertiary alicyclic amines) is 1. The zero-order valence-corrected chi connectivity index (χ0v) is 9.52. The second-order valence-corrected chi connectivity index (χ2v) is 4.36. The van der Waals surface area contributed by atoms with Crippen molar-refractivity contribution in [3.8, 4) is 0 Å². The lowest BCUT2D eigenvalue weighted by molar-refractivity contribution is 0.101. The number of rotatable bonds is 4. The topological polar surface area (TPSA) is 40.5 Å². The number of nitrogens with zero attached hydrogens (tertiary/aromatic N) is 1. The van der Waals surface area contributed by atoms with E-state index in [1.165, 1.54) is 5.56 Å². The van der Waals surface area contributed by atoms with Crippen molar-refractivity contribution in [3.05, 3.63) is 35.4 Å². The van der Waals surface area contributed by atoms with Gasteiger partial charge in [0.1, 0.15) is 0 Å². The number of carbonyl (C=O) groups excluding carboxylic acids is 1. The van der Waals surface area contributed by atoms with Gasteiger partial charge in [-0.3, -0.25) is 9.69 Å². The Balaban J connectivity index is 1.94. The summed E-state index contributed by atoms with van der Waals surface area (Å²) in [6.07, 6.45) is 0. The van der Waals surface area contributed by atoms with Crippen molar-refractivity contribution >= 4 is 5.78 Å². The molecule has 1 N–H and O–H groups in total. The van der Waals surface area contributed by atoms with E-state index in [-0.39, 0.29) is 12.4 Å². The van der Waals surface area contributed by atoms with Gasteiger partial charge < -0.3 is 5.11 Å². The molecule has 1 aromatic rings. The minimum atomic E-state index is 0.113. The van der Waals surface area contributed by atoms with Crippen molar-refractivity contribution < 1.29 is 9.90 Å². The Morgan fingerprint density at radius 3 is 2.50 bits per heavy atom. The third-order valence-corrected chi connectivity index (χ3v) is 3.16. The van der Waals surface area contributed by atoms with E-state index < -0.39 is 0 Å². The van der Waals surface area contributed by atoms with Gasteiger partial charge in [0, 0.05) is 31.1 Å². The van der Waals surface area contributed by atoms with Crippen LogP contribution in [0.25, 0.3) is 0 Å². The van der Waals surface area contributed by atoms with Gasteiger partial charge in [-0.25, -0.2) is 0 Å². The van der Waals surface area contributed by atoms with Gasteiger partial charge in [-0.2, -0.15) is 0 Å². The van der Waals surface area contributed by atoms with Gasteiger partial charge in [0.25, 0.3) is 0 Å². The molecule has 2 rings (SSSR count). The van der Waals surface area contributed by atoms with Crippen LogP contribution in [0.4, 0.5) is 0 Å². The van der Waals surface area contributed by atoms with E-state index in [0.29, 0.717) is 5.92 Å². The van der Waals surface area contributed by atoms with Crippen molar-refractivity contribution in [1.29, 1.82) is 0 Å². The normalized spacial score (nSPS) is 17.1. The lowest BCUT2D eigenvalue weighted by Crippen LogP contribution is -2.46. The fourth-order valence-electron chi connectivity index (χ4n) is 2.09. The molecule has 0 spiro atoms. The molecule has 0 bridgehead atoms. The number of benzene rings is 1. The number of hydrogen-bond donors (Lipinski definition) is 1. The van der Waals surface area contributed by atoms with Crippen LogP contribution < -0.4 is 0 Å². The van der Waals surface area contributed by atoms with Crippen molar-refractivity contribution in [2.75, 3.05) is 26.2 Å². The summed E-state index contributed by atoms with van der Waals surface area (Å²) in [5, 5.41) is 8.78. The predicted octanol–water partition coefficient (Wildman–Crippen LogP) is 1.28. The van der Waals surface area contributed by atoms with Crippen LogP contribution >= 0.6 is 0 Å². The van der Waals surface area contributed by atoms with Crippen LogP contribution in [-0.2, 0) is 0 Å². The van der Waals surface area contributed by atoms with E-state index in [4.69, 9.17) is 5.11 Å². The number of Topliss-reactive ketones (excluding diaryl/α,β-unsaturated/α-hetero) is 1. The molecule has 0 atom stereocenters. The van der Waals surface area contributed by atoms with Crippen molar-refractivity contribution in [2.24, 2.45) is 0 Å². The van der Waals surface area contributed by atoms with Crippen molar-refractivity contribution in [1.82, 2.24) is 4.90 Å². The highest BCUT2D eigenvalue weighted by molar-refractivity contribution is 5.94. The van der Waals surface area contributed by atoms with E-state index in [2.05, 4.69) is 4.90 Å². The van der Waals surface area contributed by atoms with Gasteiger partial charge in [0.15, 0.2) is 5.78 Å². The highest BCUT2D eigenvalue weighted by Crippen LogP contribution is 2.26. The molecule has 1 aromatic carbocycles. The molecule has 1 aliphatic rings. The Hall–Kier alpha value is -1.19. The van der Waals surface area contributed by atoms with Crippen LogP contribution in [0.5, 0.6) is 0 Å². The number of β-amino-alcohol motifs (C(OH)–C–C–N with tert-alkyl or cyclic N) is 1. The Morgan fingerprint density at radius 1 is 1.38 bits per heavy atom. The first-order valence-corrected chi connectivity index (χ1v) is 5.65. The third-order valence-electron chi connectivity index (χ3n) is 3.16. The SMILES string of the molecule is CC(=O)c1ccc(C2CN(CCO)C2)cc1. The second kappa shape index (κ2) is 4.76. The lowest BCUT2D eigenvalue weighted by Gasteiger charge is -2.39. The number of aliphatic hydroxyl groups excluding tert-OH is 1. The molecule has 0 radical (unpaired) electrons. The minimum absolute atomic E-state index is 0.113. The summed E-state index contributed by atoms with van der Waals surface area (Å²) in [5.74, 6) is 0.676. The monoisotopic (exact) mass is 219 g/mol. The Morgan fingerprint density at radius 2 is 2.00 bits per heavy atom.